The Labute approximate surface area is 178 Å². The lowest BCUT2D eigenvalue weighted by molar-refractivity contribution is 0.0766. The molecule has 148 valence electrons. The molecule has 0 unspecified atom stereocenters. The third-order valence-corrected chi connectivity index (χ3v) is 7.55. The van der Waals surface area contributed by atoms with Crippen LogP contribution in [0.15, 0.2) is 66.3 Å². The van der Waals surface area contributed by atoms with E-state index in [1.54, 1.807) is 22.7 Å². The zero-order valence-electron chi connectivity index (χ0n) is 16.2. The standard InChI is InChI=1S/C23H23N3OS2/c27-23(22-16-21-20(29-22)8-15-28-21)26-12-3-9-24(13-14-26)17-18-4-6-19(7-5-18)25-10-1-2-11-25/h1-2,4-8,10-11,15-16H,3,9,12-14,17H2. The van der Waals surface area contributed by atoms with E-state index in [4.69, 9.17) is 0 Å². The summed E-state index contributed by atoms with van der Waals surface area (Å²) in [6.07, 6.45) is 5.15. The topological polar surface area (TPSA) is 28.5 Å². The molecule has 6 heteroatoms. The van der Waals surface area contributed by atoms with E-state index in [0.29, 0.717) is 0 Å². The van der Waals surface area contributed by atoms with Gasteiger partial charge >= 0.3 is 0 Å². The van der Waals surface area contributed by atoms with Gasteiger partial charge in [-0.25, -0.2) is 0 Å². The first-order chi connectivity index (χ1) is 14.3. The van der Waals surface area contributed by atoms with Crippen LogP contribution in [0.2, 0.25) is 0 Å². The molecule has 0 bridgehead atoms. The lowest BCUT2D eigenvalue weighted by Crippen LogP contribution is -2.34. The van der Waals surface area contributed by atoms with E-state index in [2.05, 4.69) is 63.6 Å². The van der Waals surface area contributed by atoms with Crippen LogP contribution in [0.3, 0.4) is 0 Å². The maximum atomic E-state index is 13.0. The number of benzene rings is 1. The molecule has 1 amide bonds. The monoisotopic (exact) mass is 421 g/mol. The van der Waals surface area contributed by atoms with Gasteiger partial charge in [-0.05, 0) is 53.8 Å². The number of carbonyl (C=O) groups excluding carboxylic acids is 1. The van der Waals surface area contributed by atoms with Gasteiger partial charge in [0.2, 0.25) is 0 Å². The predicted octanol–water partition coefficient (Wildman–Crippen LogP) is 5.10. The number of fused-ring (bicyclic) bond motifs is 1. The Morgan fingerprint density at radius 2 is 1.76 bits per heavy atom. The van der Waals surface area contributed by atoms with E-state index >= 15 is 0 Å². The van der Waals surface area contributed by atoms with Crippen LogP contribution in [-0.2, 0) is 6.54 Å². The summed E-state index contributed by atoms with van der Waals surface area (Å²) in [6.45, 7) is 4.52. The van der Waals surface area contributed by atoms with Gasteiger partial charge in [-0.3, -0.25) is 9.69 Å². The van der Waals surface area contributed by atoms with Gasteiger partial charge in [0.1, 0.15) is 0 Å². The molecule has 4 heterocycles. The van der Waals surface area contributed by atoms with Gasteiger partial charge in [0.05, 0.1) is 4.88 Å². The number of amides is 1. The van der Waals surface area contributed by atoms with Gasteiger partial charge in [-0.15, -0.1) is 22.7 Å². The fourth-order valence-corrected chi connectivity index (χ4v) is 5.97. The third kappa shape index (κ3) is 4.01. The van der Waals surface area contributed by atoms with Crippen molar-refractivity contribution in [3.8, 4) is 5.69 Å². The molecule has 1 saturated heterocycles. The summed E-state index contributed by atoms with van der Waals surface area (Å²) in [6, 6.07) is 17.0. The molecule has 0 radical (unpaired) electrons. The van der Waals surface area contributed by atoms with E-state index in [1.807, 2.05) is 17.0 Å². The van der Waals surface area contributed by atoms with Crippen molar-refractivity contribution in [2.45, 2.75) is 13.0 Å². The molecule has 0 aliphatic carbocycles. The largest absolute Gasteiger partial charge is 0.337 e. The molecule has 1 aliphatic heterocycles. The van der Waals surface area contributed by atoms with Crippen molar-refractivity contribution in [2.75, 3.05) is 26.2 Å². The molecule has 0 spiro atoms. The maximum Gasteiger partial charge on any atom is 0.264 e. The number of carbonyl (C=O) groups is 1. The smallest absolute Gasteiger partial charge is 0.264 e. The highest BCUT2D eigenvalue weighted by molar-refractivity contribution is 7.27. The fraction of sp³-hybridized carbons (Fsp3) is 0.261. The molecular weight excluding hydrogens is 398 g/mol. The summed E-state index contributed by atoms with van der Waals surface area (Å²) < 4.78 is 4.56. The molecule has 4 aromatic rings. The number of hydrogen-bond acceptors (Lipinski definition) is 4. The second-order valence-electron chi connectivity index (χ2n) is 7.44. The summed E-state index contributed by atoms with van der Waals surface area (Å²) in [5, 5.41) is 2.09. The Balaban J connectivity index is 1.20. The highest BCUT2D eigenvalue weighted by Gasteiger charge is 2.22. The number of hydrogen-bond donors (Lipinski definition) is 0. The van der Waals surface area contributed by atoms with Gasteiger partial charge in [0, 0.05) is 60.2 Å². The maximum absolute atomic E-state index is 13.0. The Kier molecular flexibility index (Phi) is 5.23. The summed E-state index contributed by atoms with van der Waals surface area (Å²) in [5.74, 6) is 0.191. The van der Waals surface area contributed by atoms with Crippen LogP contribution < -0.4 is 0 Å². The summed E-state index contributed by atoms with van der Waals surface area (Å²) in [4.78, 5) is 18.3. The Morgan fingerprint density at radius 3 is 2.55 bits per heavy atom. The average Bonchev–Trinajstić information content (AvgIpc) is 3.45. The lowest BCUT2D eigenvalue weighted by Gasteiger charge is -2.22. The predicted molar refractivity (Wildman–Crippen MR) is 121 cm³/mol. The first-order valence-corrected chi connectivity index (χ1v) is 11.7. The molecule has 29 heavy (non-hydrogen) atoms. The molecule has 4 nitrogen and oxygen atoms in total. The zero-order chi connectivity index (χ0) is 19.6. The Bertz CT molecular complexity index is 1070. The third-order valence-electron chi connectivity index (χ3n) is 5.47. The zero-order valence-corrected chi connectivity index (χ0v) is 17.8. The van der Waals surface area contributed by atoms with Crippen LogP contribution in [0.25, 0.3) is 15.1 Å². The molecule has 1 aliphatic rings. The highest BCUT2D eigenvalue weighted by Crippen LogP contribution is 2.30. The lowest BCUT2D eigenvalue weighted by atomic mass is 10.2. The molecule has 3 aromatic heterocycles. The molecule has 1 aromatic carbocycles. The van der Waals surface area contributed by atoms with Crippen LogP contribution in [0, 0.1) is 0 Å². The summed E-state index contributed by atoms with van der Waals surface area (Å²) in [7, 11) is 0. The minimum Gasteiger partial charge on any atom is -0.337 e. The van der Waals surface area contributed by atoms with E-state index < -0.39 is 0 Å². The highest BCUT2D eigenvalue weighted by atomic mass is 32.1. The minimum absolute atomic E-state index is 0.191. The molecule has 0 atom stereocenters. The number of nitrogens with zero attached hydrogens (tertiary/aromatic N) is 3. The van der Waals surface area contributed by atoms with Crippen molar-refractivity contribution < 1.29 is 4.79 Å². The molecule has 5 rings (SSSR count). The number of thiophene rings is 2. The van der Waals surface area contributed by atoms with Crippen molar-refractivity contribution in [2.24, 2.45) is 0 Å². The van der Waals surface area contributed by atoms with Crippen molar-refractivity contribution >= 4 is 38.0 Å². The molecule has 0 N–H and O–H groups in total. The second-order valence-corrected chi connectivity index (χ2v) is 9.47. The van der Waals surface area contributed by atoms with E-state index in [9.17, 15) is 4.79 Å². The van der Waals surface area contributed by atoms with E-state index in [-0.39, 0.29) is 5.91 Å². The fourth-order valence-electron chi connectivity index (χ4n) is 3.90. The van der Waals surface area contributed by atoms with Crippen LogP contribution in [0.5, 0.6) is 0 Å². The average molecular weight is 422 g/mol. The van der Waals surface area contributed by atoms with Crippen LogP contribution in [0.4, 0.5) is 0 Å². The Morgan fingerprint density at radius 1 is 0.931 bits per heavy atom. The van der Waals surface area contributed by atoms with Crippen molar-refractivity contribution in [1.29, 1.82) is 0 Å². The minimum atomic E-state index is 0.191. The summed E-state index contributed by atoms with van der Waals surface area (Å²) >= 11 is 3.33. The van der Waals surface area contributed by atoms with Crippen LogP contribution in [0.1, 0.15) is 21.7 Å². The number of aromatic nitrogens is 1. The van der Waals surface area contributed by atoms with Gasteiger partial charge in [-0.1, -0.05) is 12.1 Å². The quantitative estimate of drug-likeness (QED) is 0.459. The van der Waals surface area contributed by atoms with Crippen molar-refractivity contribution in [3.05, 3.63) is 76.7 Å². The summed E-state index contributed by atoms with van der Waals surface area (Å²) in [5.41, 5.74) is 2.50. The van der Waals surface area contributed by atoms with E-state index in [0.717, 1.165) is 44.0 Å². The van der Waals surface area contributed by atoms with Crippen LogP contribution in [-0.4, -0.2) is 46.5 Å². The van der Waals surface area contributed by atoms with Gasteiger partial charge < -0.3 is 9.47 Å². The van der Waals surface area contributed by atoms with Gasteiger partial charge in [-0.2, -0.15) is 0 Å². The Hall–Kier alpha value is -2.41. The first-order valence-electron chi connectivity index (χ1n) is 9.97. The van der Waals surface area contributed by atoms with E-state index in [1.165, 1.54) is 20.7 Å². The molecule has 1 fully saturated rings. The van der Waals surface area contributed by atoms with Crippen molar-refractivity contribution in [1.82, 2.24) is 14.4 Å². The molecular formula is C23H23N3OS2. The van der Waals surface area contributed by atoms with Gasteiger partial charge in [0.15, 0.2) is 0 Å². The number of rotatable bonds is 4. The molecule has 0 saturated carbocycles. The SMILES string of the molecule is O=C(c1cc2sccc2s1)N1CCCN(Cc2ccc(-n3cccc3)cc2)CC1. The second kappa shape index (κ2) is 8.14. The first kappa shape index (κ1) is 18.6. The van der Waals surface area contributed by atoms with Crippen LogP contribution >= 0.6 is 22.7 Å². The normalized spacial score (nSPS) is 15.7. The van der Waals surface area contributed by atoms with Crippen molar-refractivity contribution in [3.63, 3.8) is 0 Å². The van der Waals surface area contributed by atoms with Gasteiger partial charge in [0.25, 0.3) is 5.91 Å².